The molecule has 2 aliphatic rings. The second-order valence-corrected chi connectivity index (χ2v) is 8.88. The Morgan fingerprint density at radius 3 is 2.59 bits per heavy atom. The fraction of sp³-hybridized carbons (Fsp3) is 0.348. The molecule has 2 atom stereocenters. The summed E-state index contributed by atoms with van der Waals surface area (Å²) >= 11 is 5.84. The second-order valence-electron chi connectivity index (χ2n) is 8.44. The molecular formula is C23H24ClFN4O3. The maximum absolute atomic E-state index is 14.4. The predicted octanol–water partition coefficient (Wildman–Crippen LogP) is 2.73. The van der Waals surface area contributed by atoms with E-state index in [1.54, 1.807) is 35.2 Å². The van der Waals surface area contributed by atoms with Crippen LogP contribution in [0.2, 0.25) is 5.02 Å². The van der Waals surface area contributed by atoms with Gasteiger partial charge in [0.2, 0.25) is 11.8 Å². The van der Waals surface area contributed by atoms with E-state index in [9.17, 15) is 18.8 Å². The van der Waals surface area contributed by atoms with E-state index in [0.29, 0.717) is 16.8 Å². The average Bonchev–Trinajstić information content (AvgIpc) is 2.87. The first-order valence-electron chi connectivity index (χ1n) is 10.4. The van der Waals surface area contributed by atoms with Crippen LogP contribution in [0.15, 0.2) is 36.4 Å². The number of hydrogen-bond acceptors (Lipinski definition) is 4. The molecular weight excluding hydrogens is 435 g/mol. The molecule has 9 heteroatoms. The summed E-state index contributed by atoms with van der Waals surface area (Å²) < 4.78 is 14.4. The number of benzene rings is 2. The molecule has 32 heavy (non-hydrogen) atoms. The van der Waals surface area contributed by atoms with Gasteiger partial charge in [0.25, 0.3) is 5.91 Å². The van der Waals surface area contributed by atoms with Crippen LogP contribution < -0.4 is 11.1 Å². The lowest BCUT2D eigenvalue weighted by Crippen LogP contribution is -2.61. The highest BCUT2D eigenvalue weighted by molar-refractivity contribution is 6.30. The number of carbonyl (C=O) groups excluding carboxylic acids is 3. The van der Waals surface area contributed by atoms with Crippen LogP contribution in [0.25, 0.3) is 11.1 Å². The van der Waals surface area contributed by atoms with E-state index < -0.39 is 17.9 Å². The van der Waals surface area contributed by atoms with Crippen LogP contribution in [0.5, 0.6) is 0 Å². The Morgan fingerprint density at radius 1 is 1.16 bits per heavy atom. The van der Waals surface area contributed by atoms with E-state index in [0.717, 1.165) is 0 Å². The minimum absolute atomic E-state index is 0.0407. The average molecular weight is 459 g/mol. The number of rotatable bonds is 3. The summed E-state index contributed by atoms with van der Waals surface area (Å²) in [6.07, 6.45) is 0. The largest absolute Gasteiger partial charge is 0.337 e. The molecule has 2 unspecified atom stereocenters. The van der Waals surface area contributed by atoms with E-state index in [2.05, 4.69) is 5.32 Å². The van der Waals surface area contributed by atoms with Gasteiger partial charge in [-0.1, -0.05) is 31.5 Å². The van der Waals surface area contributed by atoms with Crippen molar-refractivity contribution in [3.8, 4) is 11.1 Å². The van der Waals surface area contributed by atoms with Gasteiger partial charge in [0.05, 0.1) is 23.8 Å². The molecule has 0 bridgehead atoms. The Bertz CT molecular complexity index is 1110. The molecule has 2 aromatic carbocycles. The van der Waals surface area contributed by atoms with Gasteiger partial charge in [-0.25, -0.2) is 4.39 Å². The van der Waals surface area contributed by atoms with Crippen molar-refractivity contribution in [1.29, 1.82) is 0 Å². The lowest BCUT2D eigenvalue weighted by molar-refractivity contribution is -0.137. The molecule has 2 aromatic rings. The van der Waals surface area contributed by atoms with Gasteiger partial charge in [-0.05, 0) is 41.8 Å². The number of nitrogens with zero attached hydrogens (tertiary/aromatic N) is 2. The number of anilines is 1. The fourth-order valence-corrected chi connectivity index (χ4v) is 4.20. The summed E-state index contributed by atoms with van der Waals surface area (Å²) in [5, 5.41) is 3.06. The van der Waals surface area contributed by atoms with Crippen LogP contribution in [-0.4, -0.2) is 59.2 Å². The number of amides is 3. The molecule has 4 rings (SSSR count). The summed E-state index contributed by atoms with van der Waals surface area (Å²) in [6.45, 7) is 4.28. The maximum Gasteiger partial charge on any atom is 0.256 e. The van der Waals surface area contributed by atoms with Crippen molar-refractivity contribution >= 4 is 35.0 Å². The van der Waals surface area contributed by atoms with Gasteiger partial charge in [0, 0.05) is 23.7 Å². The predicted molar refractivity (Wildman–Crippen MR) is 120 cm³/mol. The van der Waals surface area contributed by atoms with Crippen molar-refractivity contribution < 1.29 is 18.8 Å². The molecule has 0 saturated carbocycles. The molecule has 0 radical (unpaired) electrons. The van der Waals surface area contributed by atoms with Gasteiger partial charge >= 0.3 is 0 Å². The fourth-order valence-electron chi connectivity index (χ4n) is 4.04. The van der Waals surface area contributed by atoms with Crippen LogP contribution in [0, 0.1) is 11.7 Å². The van der Waals surface area contributed by atoms with Gasteiger partial charge in [-0.3, -0.25) is 14.4 Å². The smallest absolute Gasteiger partial charge is 0.256 e. The van der Waals surface area contributed by atoms with Gasteiger partial charge in [-0.2, -0.15) is 0 Å². The van der Waals surface area contributed by atoms with Crippen LogP contribution in [0.4, 0.5) is 10.1 Å². The van der Waals surface area contributed by atoms with Gasteiger partial charge in [0.1, 0.15) is 11.9 Å². The Hall–Kier alpha value is -2.97. The summed E-state index contributed by atoms with van der Waals surface area (Å²) in [5.74, 6) is -1.50. The molecule has 2 heterocycles. The first-order chi connectivity index (χ1) is 15.2. The Labute approximate surface area is 190 Å². The number of halogens is 2. The van der Waals surface area contributed by atoms with E-state index in [4.69, 9.17) is 17.3 Å². The zero-order chi connectivity index (χ0) is 23.2. The molecule has 7 nitrogen and oxygen atoms in total. The quantitative estimate of drug-likeness (QED) is 0.739. The highest BCUT2D eigenvalue weighted by atomic mass is 35.5. The van der Waals surface area contributed by atoms with Crippen LogP contribution >= 0.6 is 11.6 Å². The monoisotopic (exact) mass is 458 g/mol. The summed E-state index contributed by atoms with van der Waals surface area (Å²) in [5.41, 5.74) is 7.42. The van der Waals surface area contributed by atoms with Crippen molar-refractivity contribution in [2.75, 3.05) is 25.0 Å². The van der Waals surface area contributed by atoms with Crippen molar-refractivity contribution in [3.63, 3.8) is 0 Å². The molecule has 3 N–H and O–H groups in total. The SMILES string of the molecule is CC(C)C(N)C(=O)N1CCN2C(=O)c3cc(-c4ccc(Cl)cc4F)ccc3NC(=O)C2C1. The van der Waals surface area contributed by atoms with E-state index in [1.807, 2.05) is 13.8 Å². The number of piperazine rings is 1. The van der Waals surface area contributed by atoms with Crippen molar-refractivity contribution in [2.24, 2.45) is 11.7 Å². The molecule has 168 valence electrons. The summed E-state index contributed by atoms with van der Waals surface area (Å²) in [4.78, 5) is 42.0. The van der Waals surface area contributed by atoms with Crippen molar-refractivity contribution in [2.45, 2.75) is 25.9 Å². The standard InChI is InChI=1S/C23H24ClFN4O3/c1-12(2)20(26)23(32)28-7-8-29-19(11-28)21(30)27-18-6-3-13(9-16(18)22(29)31)15-5-4-14(24)10-17(15)25/h3-6,9-10,12,19-20H,7-8,11,26H2,1-2H3,(H,27,30). The van der Waals surface area contributed by atoms with Crippen LogP contribution in [0.3, 0.4) is 0 Å². The van der Waals surface area contributed by atoms with Crippen molar-refractivity contribution in [1.82, 2.24) is 9.80 Å². The van der Waals surface area contributed by atoms with E-state index in [1.165, 1.54) is 11.0 Å². The lowest BCUT2D eigenvalue weighted by Gasteiger charge is -2.40. The van der Waals surface area contributed by atoms with Gasteiger partial charge in [-0.15, -0.1) is 0 Å². The third kappa shape index (κ3) is 3.96. The van der Waals surface area contributed by atoms with Gasteiger partial charge in [0.15, 0.2) is 0 Å². The van der Waals surface area contributed by atoms with E-state index >= 15 is 0 Å². The number of nitrogens with one attached hydrogen (secondary N) is 1. The number of carbonyl (C=O) groups is 3. The zero-order valence-corrected chi connectivity index (χ0v) is 18.5. The van der Waals surface area contributed by atoms with E-state index in [-0.39, 0.29) is 53.9 Å². The molecule has 1 saturated heterocycles. The molecule has 0 spiro atoms. The summed E-state index contributed by atoms with van der Waals surface area (Å²) in [7, 11) is 0. The Kier molecular flexibility index (Phi) is 5.92. The maximum atomic E-state index is 14.4. The summed E-state index contributed by atoms with van der Waals surface area (Å²) in [6, 6.07) is 7.63. The first-order valence-corrected chi connectivity index (χ1v) is 10.8. The Balaban J connectivity index is 1.64. The Morgan fingerprint density at radius 2 is 1.91 bits per heavy atom. The molecule has 2 aliphatic heterocycles. The highest BCUT2D eigenvalue weighted by Crippen LogP contribution is 2.32. The molecule has 3 amide bonds. The number of fused-ring (bicyclic) bond motifs is 2. The second kappa shape index (κ2) is 8.52. The topological polar surface area (TPSA) is 95.7 Å². The molecule has 0 aromatic heterocycles. The minimum Gasteiger partial charge on any atom is -0.337 e. The molecule has 0 aliphatic carbocycles. The molecule has 1 fully saturated rings. The highest BCUT2D eigenvalue weighted by Gasteiger charge is 2.41. The van der Waals surface area contributed by atoms with Crippen molar-refractivity contribution in [3.05, 3.63) is 52.8 Å². The van der Waals surface area contributed by atoms with Crippen LogP contribution in [0.1, 0.15) is 24.2 Å². The lowest BCUT2D eigenvalue weighted by atomic mass is 10.0. The minimum atomic E-state index is -0.831. The normalized spacial score (nSPS) is 19.2. The number of hydrogen-bond donors (Lipinski definition) is 2. The third-order valence-corrected chi connectivity index (χ3v) is 6.24. The third-order valence-electron chi connectivity index (χ3n) is 6.01. The zero-order valence-electron chi connectivity index (χ0n) is 17.8. The first kappa shape index (κ1) is 22.2. The van der Waals surface area contributed by atoms with Gasteiger partial charge < -0.3 is 20.9 Å². The van der Waals surface area contributed by atoms with Crippen LogP contribution in [-0.2, 0) is 9.59 Å². The number of nitrogens with two attached hydrogens (primary N) is 1.